The number of aliphatic hydroxyl groups excluding tert-OH is 1. The van der Waals surface area contributed by atoms with Crippen molar-refractivity contribution in [3.8, 4) is 5.75 Å². The number of hydrogen-bond acceptors (Lipinski definition) is 7. The maximum absolute atomic E-state index is 12.6. The molecule has 8 heteroatoms. The Balaban J connectivity index is 1.64. The molecule has 2 aromatic carbocycles. The SMILES string of the molecule is CCOC(=O)C1(C(=O)OCC)CCc2cc(CC(C)NCC(O)c3cccc(Cl)c3)ccc2O1. The maximum Gasteiger partial charge on any atom is 0.362 e. The molecule has 2 N–H and O–H groups in total. The van der Waals surface area contributed by atoms with Crippen LogP contribution < -0.4 is 10.1 Å². The van der Waals surface area contributed by atoms with Gasteiger partial charge in [-0.3, -0.25) is 0 Å². The summed E-state index contributed by atoms with van der Waals surface area (Å²) in [5, 5.41) is 14.4. The highest BCUT2D eigenvalue weighted by Crippen LogP contribution is 2.36. The summed E-state index contributed by atoms with van der Waals surface area (Å²) < 4.78 is 16.2. The van der Waals surface area contributed by atoms with E-state index >= 15 is 0 Å². The number of carbonyl (C=O) groups excluding carboxylic acids is 2. The molecule has 0 amide bonds. The van der Waals surface area contributed by atoms with Gasteiger partial charge in [0.15, 0.2) is 0 Å². The van der Waals surface area contributed by atoms with E-state index in [0.29, 0.717) is 23.7 Å². The van der Waals surface area contributed by atoms with Crippen LogP contribution in [0, 0.1) is 0 Å². The van der Waals surface area contributed by atoms with Gasteiger partial charge in [0.1, 0.15) is 5.75 Å². The Kier molecular flexibility index (Phi) is 8.94. The molecule has 2 unspecified atom stereocenters. The first kappa shape index (κ1) is 26.0. The summed E-state index contributed by atoms with van der Waals surface area (Å²) in [7, 11) is 0. The summed E-state index contributed by atoms with van der Waals surface area (Å²) in [6.45, 7) is 6.11. The van der Waals surface area contributed by atoms with Gasteiger partial charge in [-0.1, -0.05) is 35.9 Å². The summed E-state index contributed by atoms with van der Waals surface area (Å²) in [5.74, 6) is -0.966. The molecule has 0 saturated heterocycles. The number of carbonyl (C=O) groups is 2. The molecule has 1 aliphatic rings. The maximum atomic E-state index is 12.6. The Hall–Kier alpha value is -2.61. The second-order valence-electron chi connectivity index (χ2n) is 8.40. The lowest BCUT2D eigenvalue weighted by Gasteiger charge is -2.34. The van der Waals surface area contributed by atoms with Crippen LogP contribution in [-0.4, -0.2) is 48.4 Å². The molecule has 2 aromatic rings. The minimum absolute atomic E-state index is 0.106. The first-order chi connectivity index (χ1) is 16.3. The Bertz CT molecular complexity index is 993. The van der Waals surface area contributed by atoms with Crippen LogP contribution >= 0.6 is 11.6 Å². The van der Waals surface area contributed by atoms with E-state index in [1.807, 2.05) is 31.2 Å². The number of hydrogen-bond donors (Lipinski definition) is 2. The quantitative estimate of drug-likeness (QED) is 0.387. The zero-order chi connectivity index (χ0) is 24.7. The molecule has 3 rings (SSSR count). The Morgan fingerprint density at radius 2 is 1.85 bits per heavy atom. The number of nitrogens with one attached hydrogen (secondary N) is 1. The van der Waals surface area contributed by atoms with Gasteiger partial charge in [0.25, 0.3) is 0 Å². The third-order valence-corrected chi connectivity index (χ3v) is 6.04. The molecule has 2 atom stereocenters. The number of aliphatic hydroxyl groups is 1. The standard InChI is InChI=1S/C26H32ClNO6/c1-4-32-24(30)26(25(31)33-5-2)12-11-20-14-18(9-10-23(20)34-26)13-17(3)28-16-22(29)19-7-6-8-21(27)15-19/h6-10,14-15,17,22,28-29H,4-5,11-13,16H2,1-3H3. The summed E-state index contributed by atoms with van der Waals surface area (Å²) in [6, 6.07) is 13.0. The van der Waals surface area contributed by atoms with Crippen LogP contribution in [0.1, 0.15) is 50.0 Å². The van der Waals surface area contributed by atoms with E-state index in [9.17, 15) is 14.7 Å². The predicted octanol–water partition coefficient (Wildman–Crippen LogP) is 3.78. The molecule has 0 spiro atoms. The van der Waals surface area contributed by atoms with Crippen LogP contribution in [0.2, 0.25) is 5.02 Å². The van der Waals surface area contributed by atoms with E-state index < -0.39 is 23.6 Å². The molecule has 0 bridgehead atoms. The fraction of sp³-hybridized carbons (Fsp3) is 0.462. The van der Waals surface area contributed by atoms with E-state index in [1.54, 1.807) is 32.0 Å². The third-order valence-electron chi connectivity index (χ3n) is 5.80. The van der Waals surface area contributed by atoms with Crippen LogP contribution in [0.4, 0.5) is 0 Å². The molecule has 0 radical (unpaired) electrons. The Morgan fingerprint density at radius 3 is 2.50 bits per heavy atom. The van der Waals surface area contributed by atoms with Gasteiger partial charge in [0.05, 0.1) is 19.3 Å². The van der Waals surface area contributed by atoms with Gasteiger partial charge in [0, 0.05) is 24.0 Å². The Labute approximate surface area is 205 Å². The summed E-state index contributed by atoms with van der Waals surface area (Å²) in [4.78, 5) is 25.2. The normalized spacial score (nSPS) is 16.0. The molecule has 1 heterocycles. The van der Waals surface area contributed by atoms with E-state index in [4.69, 9.17) is 25.8 Å². The summed E-state index contributed by atoms with van der Waals surface area (Å²) >= 11 is 6.01. The zero-order valence-corrected chi connectivity index (χ0v) is 20.6. The van der Waals surface area contributed by atoms with Gasteiger partial charge in [-0.15, -0.1) is 0 Å². The fourth-order valence-corrected chi connectivity index (χ4v) is 4.24. The fourth-order valence-electron chi connectivity index (χ4n) is 4.04. The highest BCUT2D eigenvalue weighted by molar-refractivity contribution is 6.30. The number of fused-ring (bicyclic) bond motifs is 1. The molecular formula is C26H32ClNO6. The van der Waals surface area contributed by atoms with Crippen molar-refractivity contribution >= 4 is 23.5 Å². The predicted molar refractivity (Wildman–Crippen MR) is 129 cm³/mol. The molecule has 7 nitrogen and oxygen atoms in total. The monoisotopic (exact) mass is 489 g/mol. The van der Waals surface area contributed by atoms with Crippen molar-refractivity contribution in [1.29, 1.82) is 0 Å². The van der Waals surface area contributed by atoms with Crippen molar-refractivity contribution in [2.24, 2.45) is 0 Å². The lowest BCUT2D eigenvalue weighted by atomic mass is 9.89. The minimum atomic E-state index is -1.77. The molecule has 184 valence electrons. The van der Waals surface area contributed by atoms with Crippen LogP contribution in [0.3, 0.4) is 0 Å². The van der Waals surface area contributed by atoms with Crippen molar-refractivity contribution in [1.82, 2.24) is 5.32 Å². The van der Waals surface area contributed by atoms with Crippen molar-refractivity contribution < 1.29 is 28.9 Å². The molecule has 0 saturated carbocycles. The van der Waals surface area contributed by atoms with Crippen LogP contribution in [0.15, 0.2) is 42.5 Å². The second-order valence-corrected chi connectivity index (χ2v) is 8.83. The van der Waals surface area contributed by atoms with Crippen molar-refractivity contribution in [2.75, 3.05) is 19.8 Å². The number of rotatable bonds is 10. The summed E-state index contributed by atoms with van der Waals surface area (Å²) in [5.41, 5.74) is 1.00. The average molecular weight is 490 g/mol. The van der Waals surface area contributed by atoms with Crippen molar-refractivity contribution in [3.63, 3.8) is 0 Å². The third kappa shape index (κ3) is 6.09. The van der Waals surface area contributed by atoms with E-state index in [2.05, 4.69) is 5.32 Å². The van der Waals surface area contributed by atoms with Gasteiger partial charge in [-0.05, 0) is 68.5 Å². The zero-order valence-electron chi connectivity index (χ0n) is 19.8. The van der Waals surface area contributed by atoms with E-state index in [0.717, 1.165) is 23.1 Å². The molecule has 1 aliphatic heterocycles. The largest absolute Gasteiger partial charge is 0.463 e. The first-order valence-electron chi connectivity index (χ1n) is 11.6. The minimum Gasteiger partial charge on any atom is -0.463 e. The van der Waals surface area contributed by atoms with Crippen LogP contribution in [-0.2, 0) is 31.9 Å². The molecule has 0 aliphatic carbocycles. The van der Waals surface area contributed by atoms with Gasteiger partial charge < -0.3 is 24.6 Å². The number of aryl methyl sites for hydroxylation is 1. The topological polar surface area (TPSA) is 94.1 Å². The second kappa shape index (κ2) is 11.7. The first-order valence-corrected chi connectivity index (χ1v) is 12.0. The lowest BCUT2D eigenvalue weighted by Crippen LogP contribution is -2.55. The number of ether oxygens (including phenoxy) is 3. The molecule has 0 fully saturated rings. The smallest absolute Gasteiger partial charge is 0.362 e. The summed E-state index contributed by atoms with van der Waals surface area (Å²) in [6.07, 6.45) is 0.713. The van der Waals surface area contributed by atoms with Gasteiger partial charge in [0.2, 0.25) is 0 Å². The molecular weight excluding hydrogens is 458 g/mol. The van der Waals surface area contributed by atoms with Crippen LogP contribution in [0.5, 0.6) is 5.75 Å². The van der Waals surface area contributed by atoms with E-state index in [-0.39, 0.29) is 25.7 Å². The highest BCUT2D eigenvalue weighted by atomic mass is 35.5. The number of halogens is 1. The van der Waals surface area contributed by atoms with Gasteiger partial charge in [-0.2, -0.15) is 0 Å². The molecule has 34 heavy (non-hydrogen) atoms. The van der Waals surface area contributed by atoms with Crippen molar-refractivity contribution in [2.45, 2.75) is 57.8 Å². The van der Waals surface area contributed by atoms with Crippen molar-refractivity contribution in [3.05, 3.63) is 64.2 Å². The van der Waals surface area contributed by atoms with Gasteiger partial charge in [-0.25, -0.2) is 9.59 Å². The lowest BCUT2D eigenvalue weighted by molar-refractivity contribution is -0.181. The van der Waals surface area contributed by atoms with Crippen LogP contribution in [0.25, 0.3) is 0 Å². The molecule has 0 aromatic heterocycles. The average Bonchev–Trinajstić information content (AvgIpc) is 2.82. The number of benzene rings is 2. The number of esters is 2. The Morgan fingerprint density at radius 1 is 1.15 bits per heavy atom. The van der Waals surface area contributed by atoms with E-state index in [1.165, 1.54) is 0 Å². The highest BCUT2D eigenvalue weighted by Gasteiger charge is 2.53. The van der Waals surface area contributed by atoms with Gasteiger partial charge >= 0.3 is 17.5 Å².